The van der Waals surface area contributed by atoms with Gasteiger partial charge in [-0.05, 0) is 57.6 Å². The Balaban J connectivity index is 0.000000383. The Morgan fingerprint density at radius 2 is 1.79 bits per heavy atom. The largest absolute Gasteiger partial charge is 0.490 e. The molecule has 2 aliphatic heterocycles. The van der Waals surface area contributed by atoms with Gasteiger partial charge in [-0.2, -0.15) is 13.2 Å². The van der Waals surface area contributed by atoms with Crippen molar-refractivity contribution in [2.75, 3.05) is 19.6 Å². The number of carbonyl (C=O) groups is 3. The first-order valence-corrected chi connectivity index (χ1v) is 10.9. The first kappa shape index (κ1) is 24.9. The summed E-state index contributed by atoms with van der Waals surface area (Å²) in [6.07, 6.45) is -1.36. The number of pyridine rings is 1. The molecule has 0 aromatic carbocycles. The van der Waals surface area contributed by atoms with Crippen molar-refractivity contribution in [1.29, 1.82) is 0 Å². The van der Waals surface area contributed by atoms with Gasteiger partial charge < -0.3 is 14.9 Å². The Kier molecular flexibility index (Phi) is 6.99. The van der Waals surface area contributed by atoms with Crippen LogP contribution in [0.4, 0.5) is 17.6 Å². The van der Waals surface area contributed by atoms with Gasteiger partial charge in [-0.15, -0.1) is 0 Å². The Hall–Kier alpha value is -2.72. The van der Waals surface area contributed by atoms with E-state index in [1.165, 1.54) is 0 Å². The third-order valence-electron chi connectivity index (χ3n) is 6.54. The lowest BCUT2D eigenvalue weighted by molar-refractivity contribution is -0.192. The van der Waals surface area contributed by atoms with Crippen molar-refractivity contribution in [3.05, 3.63) is 29.6 Å². The number of hydrogen-bond acceptors (Lipinski definition) is 4. The zero-order chi connectivity index (χ0) is 24.4. The molecule has 182 valence electrons. The number of aliphatic carboxylic acids is 1. The lowest BCUT2D eigenvalue weighted by Crippen LogP contribution is -2.56. The van der Waals surface area contributed by atoms with Crippen LogP contribution in [0.2, 0.25) is 0 Å². The number of rotatable bonds is 3. The lowest BCUT2D eigenvalue weighted by Gasteiger charge is -2.43. The molecular weight excluding hydrogens is 446 g/mol. The van der Waals surface area contributed by atoms with Crippen molar-refractivity contribution in [2.24, 2.45) is 5.41 Å². The molecule has 1 aromatic rings. The van der Waals surface area contributed by atoms with Crippen LogP contribution in [0.15, 0.2) is 18.2 Å². The topological polar surface area (TPSA) is 90.8 Å². The number of carbonyl (C=O) groups excluding carboxylic acids is 2. The average molecular weight is 473 g/mol. The molecule has 33 heavy (non-hydrogen) atoms. The highest BCUT2D eigenvalue weighted by Crippen LogP contribution is 2.43. The van der Waals surface area contributed by atoms with Gasteiger partial charge in [0, 0.05) is 25.3 Å². The van der Waals surface area contributed by atoms with Gasteiger partial charge in [0.25, 0.3) is 5.91 Å². The number of likely N-dealkylation sites (tertiary alicyclic amines) is 2. The molecule has 2 amide bonds. The average Bonchev–Trinajstić information content (AvgIpc) is 3.00. The molecule has 1 saturated carbocycles. The maximum absolute atomic E-state index is 14.6. The van der Waals surface area contributed by atoms with Gasteiger partial charge in [-0.25, -0.2) is 9.18 Å². The molecule has 1 atom stereocenters. The highest BCUT2D eigenvalue weighted by atomic mass is 19.4. The van der Waals surface area contributed by atoms with Crippen LogP contribution in [0, 0.1) is 12.3 Å². The Morgan fingerprint density at radius 1 is 1.12 bits per heavy atom. The number of aromatic nitrogens is 1. The third kappa shape index (κ3) is 5.44. The number of halogens is 4. The molecule has 0 bridgehead atoms. The standard InChI is InChI=1S/C20H26FN3O2.C2HF3O2/c1-15-5-2-6-16(22-15)13-23-12-10-19(17(23)25)7-4-11-24(14-19)18(26)20(21)8-3-9-20;3-2(4,5)1(6)7/h2,5-6H,3-4,7-14H2,1H3;(H,6,7). The number of amides is 2. The van der Waals surface area contributed by atoms with Gasteiger partial charge >= 0.3 is 12.1 Å². The second kappa shape index (κ2) is 9.26. The molecule has 2 saturated heterocycles. The molecule has 1 N–H and O–H groups in total. The first-order valence-electron chi connectivity index (χ1n) is 10.9. The van der Waals surface area contributed by atoms with Crippen LogP contribution in [0.25, 0.3) is 0 Å². The van der Waals surface area contributed by atoms with E-state index in [1.807, 2.05) is 30.0 Å². The molecular formula is C22H27F4N3O4. The van der Waals surface area contributed by atoms with E-state index in [1.54, 1.807) is 4.90 Å². The van der Waals surface area contributed by atoms with Gasteiger partial charge in [-0.1, -0.05) is 6.07 Å². The fourth-order valence-corrected chi connectivity index (χ4v) is 4.59. The van der Waals surface area contributed by atoms with Gasteiger partial charge in [0.2, 0.25) is 5.91 Å². The highest BCUT2D eigenvalue weighted by Gasteiger charge is 2.53. The van der Waals surface area contributed by atoms with Crippen molar-refractivity contribution >= 4 is 17.8 Å². The minimum Gasteiger partial charge on any atom is -0.475 e. The van der Waals surface area contributed by atoms with Crippen molar-refractivity contribution in [3.63, 3.8) is 0 Å². The zero-order valence-electron chi connectivity index (χ0n) is 18.3. The lowest BCUT2D eigenvalue weighted by atomic mass is 9.76. The fraction of sp³-hybridized carbons (Fsp3) is 0.636. The predicted molar refractivity (Wildman–Crippen MR) is 109 cm³/mol. The molecule has 1 unspecified atom stereocenters. The minimum atomic E-state index is -5.08. The molecule has 4 rings (SSSR count). The van der Waals surface area contributed by atoms with E-state index in [-0.39, 0.29) is 5.91 Å². The van der Waals surface area contributed by atoms with E-state index >= 15 is 0 Å². The van der Waals surface area contributed by atoms with Crippen LogP contribution < -0.4 is 0 Å². The van der Waals surface area contributed by atoms with Crippen LogP contribution in [-0.4, -0.2) is 69.2 Å². The van der Waals surface area contributed by atoms with Gasteiger partial charge in [-0.3, -0.25) is 14.6 Å². The number of carboxylic acid groups (broad SMARTS) is 1. The summed E-state index contributed by atoms with van der Waals surface area (Å²) in [6.45, 7) is 4.06. The second-order valence-corrected chi connectivity index (χ2v) is 8.98. The first-order chi connectivity index (χ1) is 15.4. The monoisotopic (exact) mass is 473 g/mol. The van der Waals surface area contributed by atoms with Crippen molar-refractivity contribution < 1.29 is 37.1 Å². The van der Waals surface area contributed by atoms with E-state index < -0.39 is 29.1 Å². The van der Waals surface area contributed by atoms with Crippen LogP contribution in [0.5, 0.6) is 0 Å². The Labute approximate surface area is 188 Å². The molecule has 3 aliphatic rings. The molecule has 11 heteroatoms. The number of carboxylic acids is 1. The van der Waals surface area contributed by atoms with E-state index in [0.717, 1.165) is 37.1 Å². The number of piperidine rings is 1. The maximum atomic E-state index is 14.6. The summed E-state index contributed by atoms with van der Waals surface area (Å²) in [7, 11) is 0. The Morgan fingerprint density at radius 3 is 2.33 bits per heavy atom. The van der Waals surface area contributed by atoms with Crippen LogP contribution in [0.1, 0.15) is 49.9 Å². The zero-order valence-corrected chi connectivity index (χ0v) is 18.3. The summed E-state index contributed by atoms with van der Waals surface area (Å²) in [5.74, 6) is -3.05. The van der Waals surface area contributed by atoms with Crippen LogP contribution in [-0.2, 0) is 20.9 Å². The molecule has 3 fully saturated rings. The summed E-state index contributed by atoms with van der Waals surface area (Å²) in [5.41, 5.74) is -0.383. The predicted octanol–water partition coefficient (Wildman–Crippen LogP) is 3.26. The summed E-state index contributed by atoms with van der Waals surface area (Å²) >= 11 is 0. The van der Waals surface area contributed by atoms with E-state index in [4.69, 9.17) is 9.90 Å². The maximum Gasteiger partial charge on any atom is 0.490 e. The molecule has 1 spiro atoms. The molecule has 1 aromatic heterocycles. The molecule has 3 heterocycles. The van der Waals surface area contributed by atoms with E-state index in [0.29, 0.717) is 39.0 Å². The number of hydrogen-bond donors (Lipinski definition) is 1. The van der Waals surface area contributed by atoms with Crippen molar-refractivity contribution in [1.82, 2.24) is 14.8 Å². The SMILES string of the molecule is Cc1cccc(CN2CCC3(CCCN(C(=O)C4(F)CCC4)C3)C2=O)n1.O=C(O)C(F)(F)F. The highest BCUT2D eigenvalue weighted by molar-refractivity contribution is 5.89. The number of alkyl halides is 4. The van der Waals surface area contributed by atoms with E-state index in [9.17, 15) is 27.2 Å². The number of aryl methyl sites for hydroxylation is 1. The van der Waals surface area contributed by atoms with Crippen LogP contribution in [0.3, 0.4) is 0 Å². The summed E-state index contributed by atoms with van der Waals surface area (Å²) in [6, 6.07) is 5.83. The normalized spacial score (nSPS) is 24.2. The minimum absolute atomic E-state index is 0.0971. The second-order valence-electron chi connectivity index (χ2n) is 8.98. The molecule has 0 radical (unpaired) electrons. The van der Waals surface area contributed by atoms with E-state index in [2.05, 4.69) is 4.98 Å². The quantitative estimate of drug-likeness (QED) is 0.681. The van der Waals surface area contributed by atoms with Crippen molar-refractivity contribution in [3.8, 4) is 0 Å². The van der Waals surface area contributed by atoms with Gasteiger partial charge in [0.1, 0.15) is 0 Å². The summed E-state index contributed by atoms with van der Waals surface area (Å²) in [4.78, 5) is 42.6. The smallest absolute Gasteiger partial charge is 0.475 e. The Bertz CT molecular complexity index is 919. The fourth-order valence-electron chi connectivity index (χ4n) is 4.59. The summed E-state index contributed by atoms with van der Waals surface area (Å²) in [5, 5.41) is 7.12. The van der Waals surface area contributed by atoms with Crippen LogP contribution >= 0.6 is 0 Å². The third-order valence-corrected chi connectivity index (χ3v) is 6.54. The van der Waals surface area contributed by atoms with Gasteiger partial charge in [0.05, 0.1) is 17.7 Å². The number of nitrogens with zero attached hydrogens (tertiary/aromatic N) is 3. The van der Waals surface area contributed by atoms with Gasteiger partial charge in [0.15, 0.2) is 5.67 Å². The molecule has 7 nitrogen and oxygen atoms in total. The molecule has 1 aliphatic carbocycles. The van der Waals surface area contributed by atoms with Crippen molar-refractivity contribution in [2.45, 2.75) is 63.8 Å². The summed E-state index contributed by atoms with van der Waals surface area (Å²) < 4.78 is 46.3.